The van der Waals surface area contributed by atoms with Gasteiger partial charge in [-0.25, -0.2) is 0 Å². The molecule has 2 N–H and O–H groups in total. The molecule has 0 aliphatic carbocycles. The van der Waals surface area contributed by atoms with Gasteiger partial charge in [-0.3, -0.25) is 9.69 Å². The van der Waals surface area contributed by atoms with E-state index in [1.54, 1.807) is 0 Å². The van der Waals surface area contributed by atoms with Crippen molar-refractivity contribution in [2.75, 3.05) is 19.7 Å². The van der Waals surface area contributed by atoms with Crippen molar-refractivity contribution < 1.29 is 9.90 Å². The van der Waals surface area contributed by atoms with E-state index in [0.29, 0.717) is 12.5 Å². The molecule has 0 aromatic rings. The van der Waals surface area contributed by atoms with Gasteiger partial charge in [0.2, 0.25) is 5.91 Å². The summed E-state index contributed by atoms with van der Waals surface area (Å²) >= 11 is 0. The fraction of sp³-hybridized carbons (Fsp3) is 0.909. The predicted molar refractivity (Wildman–Crippen MR) is 59.6 cm³/mol. The highest BCUT2D eigenvalue weighted by Gasteiger charge is 2.29. The first kappa shape index (κ1) is 12.5. The summed E-state index contributed by atoms with van der Waals surface area (Å²) in [5.41, 5.74) is 0. The van der Waals surface area contributed by atoms with Crippen molar-refractivity contribution in [2.45, 2.75) is 45.2 Å². The SMILES string of the molecule is CCC(C)N1CCCNC(=O)C1CCO. The van der Waals surface area contributed by atoms with E-state index >= 15 is 0 Å². The molecule has 88 valence electrons. The highest BCUT2D eigenvalue weighted by molar-refractivity contribution is 5.82. The minimum atomic E-state index is -0.146. The first-order chi connectivity index (χ1) is 7.20. The van der Waals surface area contributed by atoms with Gasteiger partial charge in [-0.15, -0.1) is 0 Å². The smallest absolute Gasteiger partial charge is 0.237 e. The monoisotopic (exact) mass is 214 g/mol. The van der Waals surface area contributed by atoms with Gasteiger partial charge in [0.1, 0.15) is 0 Å². The summed E-state index contributed by atoms with van der Waals surface area (Å²) in [5, 5.41) is 11.9. The van der Waals surface area contributed by atoms with Crippen molar-refractivity contribution in [3.63, 3.8) is 0 Å². The number of rotatable bonds is 4. The molecule has 0 spiro atoms. The van der Waals surface area contributed by atoms with E-state index in [4.69, 9.17) is 5.11 Å². The third-order valence-electron chi connectivity index (χ3n) is 3.15. The molecule has 0 bridgehead atoms. The van der Waals surface area contributed by atoms with Crippen LogP contribution in [0, 0.1) is 0 Å². The molecule has 2 unspecified atom stereocenters. The van der Waals surface area contributed by atoms with E-state index in [2.05, 4.69) is 24.1 Å². The van der Waals surface area contributed by atoms with Gasteiger partial charge in [-0.05, 0) is 26.2 Å². The molecule has 1 fully saturated rings. The van der Waals surface area contributed by atoms with E-state index in [1.807, 2.05) is 0 Å². The second kappa shape index (κ2) is 6.08. The molecule has 0 saturated carbocycles. The number of nitrogens with zero attached hydrogens (tertiary/aromatic N) is 1. The van der Waals surface area contributed by atoms with Crippen LogP contribution >= 0.6 is 0 Å². The molecule has 1 saturated heterocycles. The summed E-state index contributed by atoms with van der Waals surface area (Å²) in [6, 6.07) is 0.262. The van der Waals surface area contributed by atoms with Crippen LogP contribution in [0.5, 0.6) is 0 Å². The topological polar surface area (TPSA) is 52.6 Å². The first-order valence-corrected chi connectivity index (χ1v) is 5.85. The second-order valence-electron chi connectivity index (χ2n) is 4.17. The predicted octanol–water partition coefficient (Wildman–Crippen LogP) is 0.358. The lowest BCUT2D eigenvalue weighted by atomic mass is 10.1. The summed E-state index contributed by atoms with van der Waals surface area (Å²) in [7, 11) is 0. The number of aliphatic hydroxyl groups is 1. The Kier molecular flexibility index (Phi) is 5.05. The molecule has 1 aliphatic rings. The van der Waals surface area contributed by atoms with Crippen molar-refractivity contribution in [1.82, 2.24) is 10.2 Å². The maximum atomic E-state index is 11.8. The standard InChI is InChI=1S/C11H22N2O2/c1-3-9(2)13-7-4-6-12-11(15)10(13)5-8-14/h9-10,14H,3-8H2,1-2H3,(H,12,15). The molecule has 1 amide bonds. The van der Waals surface area contributed by atoms with Crippen molar-refractivity contribution >= 4 is 5.91 Å². The second-order valence-corrected chi connectivity index (χ2v) is 4.17. The molecule has 0 radical (unpaired) electrons. The van der Waals surface area contributed by atoms with Gasteiger partial charge >= 0.3 is 0 Å². The molecule has 1 rings (SSSR count). The number of carbonyl (C=O) groups excluding carboxylic acids is 1. The Bertz CT molecular complexity index is 209. The fourth-order valence-corrected chi connectivity index (χ4v) is 2.08. The number of aliphatic hydroxyl groups excluding tert-OH is 1. The Balaban J connectivity index is 2.72. The fourth-order valence-electron chi connectivity index (χ4n) is 2.08. The van der Waals surface area contributed by atoms with E-state index in [0.717, 1.165) is 25.9 Å². The summed E-state index contributed by atoms with van der Waals surface area (Å²) in [6.45, 7) is 6.05. The zero-order valence-electron chi connectivity index (χ0n) is 9.70. The zero-order valence-corrected chi connectivity index (χ0v) is 9.70. The summed E-state index contributed by atoms with van der Waals surface area (Å²) < 4.78 is 0. The minimum Gasteiger partial charge on any atom is -0.396 e. The molecule has 2 atom stereocenters. The van der Waals surface area contributed by atoms with E-state index < -0.39 is 0 Å². The quantitative estimate of drug-likeness (QED) is 0.710. The van der Waals surface area contributed by atoms with Crippen LogP contribution in [0.3, 0.4) is 0 Å². The third kappa shape index (κ3) is 3.18. The van der Waals surface area contributed by atoms with Crippen LogP contribution < -0.4 is 5.32 Å². The van der Waals surface area contributed by atoms with Crippen LogP contribution in [0.4, 0.5) is 0 Å². The van der Waals surface area contributed by atoms with Crippen molar-refractivity contribution in [3.05, 3.63) is 0 Å². The lowest BCUT2D eigenvalue weighted by molar-refractivity contribution is -0.126. The van der Waals surface area contributed by atoms with Crippen LogP contribution in [0.25, 0.3) is 0 Å². The van der Waals surface area contributed by atoms with Gasteiger partial charge in [0.25, 0.3) is 0 Å². The molecular formula is C11H22N2O2. The average Bonchev–Trinajstić information content (AvgIpc) is 2.42. The van der Waals surface area contributed by atoms with Crippen molar-refractivity contribution in [3.8, 4) is 0 Å². The summed E-state index contributed by atoms with van der Waals surface area (Å²) in [5.74, 6) is 0.0712. The lowest BCUT2D eigenvalue weighted by Crippen LogP contribution is -2.48. The van der Waals surface area contributed by atoms with Gasteiger partial charge in [0.05, 0.1) is 6.04 Å². The van der Waals surface area contributed by atoms with Gasteiger partial charge in [0, 0.05) is 25.7 Å². The van der Waals surface area contributed by atoms with Gasteiger partial charge in [-0.1, -0.05) is 6.92 Å². The highest BCUT2D eigenvalue weighted by atomic mass is 16.3. The van der Waals surface area contributed by atoms with E-state index in [1.165, 1.54) is 0 Å². The molecule has 4 nitrogen and oxygen atoms in total. The van der Waals surface area contributed by atoms with E-state index in [-0.39, 0.29) is 18.6 Å². The Morgan fingerprint density at radius 1 is 1.67 bits per heavy atom. The molecule has 0 aromatic carbocycles. The van der Waals surface area contributed by atoms with E-state index in [9.17, 15) is 4.79 Å². The lowest BCUT2D eigenvalue weighted by Gasteiger charge is -2.32. The number of hydrogen-bond acceptors (Lipinski definition) is 3. The van der Waals surface area contributed by atoms with Crippen LogP contribution in [-0.2, 0) is 4.79 Å². The number of nitrogens with one attached hydrogen (secondary N) is 1. The summed E-state index contributed by atoms with van der Waals surface area (Å²) in [4.78, 5) is 14.0. The molecular weight excluding hydrogens is 192 g/mol. The maximum absolute atomic E-state index is 11.8. The van der Waals surface area contributed by atoms with Crippen LogP contribution in [0.1, 0.15) is 33.1 Å². The number of carbonyl (C=O) groups is 1. The Morgan fingerprint density at radius 2 is 2.40 bits per heavy atom. The van der Waals surface area contributed by atoms with Gasteiger partial charge in [0.15, 0.2) is 0 Å². The van der Waals surface area contributed by atoms with Crippen LogP contribution in [0.15, 0.2) is 0 Å². The van der Waals surface area contributed by atoms with Crippen LogP contribution in [0.2, 0.25) is 0 Å². The molecule has 4 heteroatoms. The number of amides is 1. The van der Waals surface area contributed by atoms with Gasteiger partial charge < -0.3 is 10.4 Å². The highest BCUT2D eigenvalue weighted by Crippen LogP contribution is 2.14. The Labute approximate surface area is 91.6 Å². The molecule has 0 aromatic heterocycles. The zero-order chi connectivity index (χ0) is 11.3. The Morgan fingerprint density at radius 3 is 3.00 bits per heavy atom. The average molecular weight is 214 g/mol. The Hall–Kier alpha value is -0.610. The first-order valence-electron chi connectivity index (χ1n) is 5.85. The van der Waals surface area contributed by atoms with Crippen molar-refractivity contribution in [2.24, 2.45) is 0 Å². The number of hydrogen-bond donors (Lipinski definition) is 2. The molecule has 1 heterocycles. The van der Waals surface area contributed by atoms with Gasteiger partial charge in [-0.2, -0.15) is 0 Å². The third-order valence-corrected chi connectivity index (χ3v) is 3.15. The normalized spacial score (nSPS) is 25.8. The summed E-state index contributed by atoms with van der Waals surface area (Å²) in [6.07, 6.45) is 2.57. The maximum Gasteiger partial charge on any atom is 0.237 e. The minimum absolute atomic E-state index is 0.0712. The molecule has 15 heavy (non-hydrogen) atoms. The van der Waals surface area contributed by atoms with Crippen molar-refractivity contribution in [1.29, 1.82) is 0 Å². The van der Waals surface area contributed by atoms with Crippen LogP contribution in [-0.4, -0.2) is 47.7 Å². The molecule has 1 aliphatic heterocycles. The largest absolute Gasteiger partial charge is 0.396 e.